The fourth-order valence-corrected chi connectivity index (χ4v) is 3.74. The van der Waals surface area contributed by atoms with E-state index in [1.807, 2.05) is 13.0 Å². The average Bonchev–Trinajstić information content (AvgIpc) is 2.55. The molecule has 0 aliphatic carbocycles. The molecule has 0 heterocycles. The number of amides is 1. The van der Waals surface area contributed by atoms with Crippen LogP contribution >= 0.6 is 0 Å². The van der Waals surface area contributed by atoms with Gasteiger partial charge in [-0.15, -0.1) is 0 Å². The van der Waals surface area contributed by atoms with Gasteiger partial charge >= 0.3 is 0 Å². The number of ether oxygens (including phenoxy) is 1. The summed E-state index contributed by atoms with van der Waals surface area (Å²) in [5.41, 5.74) is 1.11. The van der Waals surface area contributed by atoms with Gasteiger partial charge in [0.2, 0.25) is 15.9 Å². The molecule has 0 radical (unpaired) electrons. The summed E-state index contributed by atoms with van der Waals surface area (Å²) >= 11 is 0. The maximum Gasteiger partial charge on any atom is 0.248 e. The molecule has 1 atom stereocenters. The van der Waals surface area contributed by atoms with E-state index in [1.165, 1.54) is 32.2 Å². The van der Waals surface area contributed by atoms with E-state index in [0.29, 0.717) is 11.4 Å². The SMILES string of the molecule is COc1ccc(C)cc1NC(=O)[C@@H](C)N(c1ccccc1F)S(C)(=O)=O. The number of hydrogen-bond donors (Lipinski definition) is 1. The molecule has 8 heteroatoms. The summed E-state index contributed by atoms with van der Waals surface area (Å²) < 4.78 is 44.5. The number of methoxy groups -OCH3 is 1. The highest BCUT2D eigenvalue weighted by atomic mass is 32.2. The summed E-state index contributed by atoms with van der Waals surface area (Å²) in [6, 6.07) is 9.45. The third-order valence-corrected chi connectivity index (χ3v) is 5.02. The molecular weight excluding hydrogens is 359 g/mol. The first-order valence-electron chi connectivity index (χ1n) is 7.84. The van der Waals surface area contributed by atoms with E-state index in [0.717, 1.165) is 22.2 Å². The van der Waals surface area contributed by atoms with E-state index < -0.39 is 27.8 Å². The minimum Gasteiger partial charge on any atom is -0.495 e. The quantitative estimate of drug-likeness (QED) is 0.836. The third-order valence-electron chi connectivity index (χ3n) is 3.79. The second-order valence-corrected chi connectivity index (χ2v) is 7.74. The van der Waals surface area contributed by atoms with Gasteiger partial charge in [-0.25, -0.2) is 12.8 Å². The summed E-state index contributed by atoms with van der Waals surface area (Å²) in [6.07, 6.45) is 0.927. The fourth-order valence-electron chi connectivity index (χ4n) is 2.57. The molecule has 2 aromatic carbocycles. The Morgan fingerprint density at radius 3 is 2.46 bits per heavy atom. The van der Waals surface area contributed by atoms with Gasteiger partial charge in [0.25, 0.3) is 0 Å². The second kappa shape index (κ2) is 7.74. The second-order valence-electron chi connectivity index (χ2n) is 5.88. The Kier molecular flexibility index (Phi) is 5.86. The van der Waals surface area contributed by atoms with Crippen LogP contribution in [0, 0.1) is 12.7 Å². The highest BCUT2D eigenvalue weighted by Crippen LogP contribution is 2.28. The summed E-state index contributed by atoms with van der Waals surface area (Å²) in [4.78, 5) is 12.7. The zero-order valence-corrected chi connectivity index (χ0v) is 15.8. The highest BCUT2D eigenvalue weighted by Gasteiger charge is 2.31. The topological polar surface area (TPSA) is 75.7 Å². The number of hydrogen-bond acceptors (Lipinski definition) is 4. The van der Waals surface area contributed by atoms with Crippen molar-refractivity contribution in [3.63, 3.8) is 0 Å². The maximum atomic E-state index is 14.1. The van der Waals surface area contributed by atoms with Gasteiger partial charge < -0.3 is 10.1 Å². The molecule has 0 unspecified atom stereocenters. The van der Waals surface area contributed by atoms with Crippen molar-refractivity contribution in [3.8, 4) is 5.75 Å². The van der Waals surface area contributed by atoms with Crippen molar-refractivity contribution in [3.05, 3.63) is 53.8 Å². The Balaban J connectivity index is 2.38. The van der Waals surface area contributed by atoms with E-state index in [2.05, 4.69) is 5.32 Å². The number of rotatable bonds is 6. The number of halogens is 1. The molecule has 0 saturated carbocycles. The van der Waals surface area contributed by atoms with Crippen LogP contribution in [-0.2, 0) is 14.8 Å². The van der Waals surface area contributed by atoms with Gasteiger partial charge in [0, 0.05) is 0 Å². The van der Waals surface area contributed by atoms with E-state index in [-0.39, 0.29) is 5.69 Å². The van der Waals surface area contributed by atoms with Crippen LogP contribution in [0.15, 0.2) is 42.5 Å². The number of aryl methyl sites for hydroxylation is 1. The van der Waals surface area contributed by atoms with E-state index >= 15 is 0 Å². The maximum absolute atomic E-state index is 14.1. The molecule has 140 valence electrons. The van der Waals surface area contributed by atoms with Crippen molar-refractivity contribution in [2.24, 2.45) is 0 Å². The minimum atomic E-state index is -3.90. The zero-order valence-electron chi connectivity index (χ0n) is 15.0. The Labute approximate surface area is 152 Å². The van der Waals surface area contributed by atoms with Crippen molar-refractivity contribution >= 4 is 27.3 Å². The van der Waals surface area contributed by atoms with Crippen LogP contribution in [0.25, 0.3) is 0 Å². The summed E-state index contributed by atoms with van der Waals surface area (Å²) in [7, 11) is -2.44. The number of nitrogens with one attached hydrogen (secondary N) is 1. The first-order chi connectivity index (χ1) is 12.1. The Hall–Kier alpha value is -2.61. The normalized spacial score (nSPS) is 12.3. The third kappa shape index (κ3) is 4.32. The zero-order chi connectivity index (χ0) is 19.5. The molecule has 2 rings (SSSR count). The van der Waals surface area contributed by atoms with Crippen molar-refractivity contribution in [1.82, 2.24) is 0 Å². The number of benzene rings is 2. The standard InChI is InChI=1S/C18H21FN2O4S/c1-12-9-10-17(25-3)15(11-12)20-18(22)13(2)21(26(4,23)24)16-8-6-5-7-14(16)19/h5-11,13H,1-4H3,(H,20,22)/t13-/m1/s1. The smallest absolute Gasteiger partial charge is 0.248 e. The lowest BCUT2D eigenvalue weighted by molar-refractivity contribution is -0.116. The van der Waals surface area contributed by atoms with Gasteiger partial charge in [-0.2, -0.15) is 0 Å². The fraction of sp³-hybridized carbons (Fsp3) is 0.278. The summed E-state index contributed by atoms with van der Waals surface area (Å²) in [6.45, 7) is 3.24. The van der Waals surface area contributed by atoms with Gasteiger partial charge in [0.05, 0.1) is 24.7 Å². The molecule has 0 spiro atoms. The van der Waals surface area contributed by atoms with Crippen LogP contribution in [0.3, 0.4) is 0 Å². The van der Waals surface area contributed by atoms with E-state index in [4.69, 9.17) is 4.74 Å². The monoisotopic (exact) mass is 380 g/mol. The first-order valence-corrected chi connectivity index (χ1v) is 9.69. The molecular formula is C18H21FN2O4S. The number of carbonyl (C=O) groups is 1. The van der Waals surface area contributed by atoms with E-state index in [1.54, 1.807) is 12.1 Å². The van der Waals surface area contributed by atoms with Crippen molar-refractivity contribution in [2.45, 2.75) is 19.9 Å². The van der Waals surface area contributed by atoms with Gasteiger partial charge in [-0.3, -0.25) is 9.10 Å². The minimum absolute atomic E-state index is 0.186. The Morgan fingerprint density at radius 2 is 1.88 bits per heavy atom. The van der Waals surface area contributed by atoms with Gasteiger partial charge in [0.1, 0.15) is 17.6 Å². The molecule has 1 amide bonds. The van der Waals surface area contributed by atoms with Gasteiger partial charge in [0.15, 0.2) is 0 Å². The van der Waals surface area contributed by atoms with E-state index in [9.17, 15) is 17.6 Å². The Bertz CT molecular complexity index is 915. The van der Waals surface area contributed by atoms with Crippen LogP contribution in [0.1, 0.15) is 12.5 Å². The van der Waals surface area contributed by atoms with Crippen LogP contribution in [0.5, 0.6) is 5.75 Å². The number of carbonyl (C=O) groups excluding carboxylic acids is 1. The summed E-state index contributed by atoms with van der Waals surface area (Å²) in [5.74, 6) is -0.902. The number of anilines is 2. The lowest BCUT2D eigenvalue weighted by atomic mass is 10.2. The molecule has 0 fully saturated rings. The van der Waals surface area contributed by atoms with Crippen LogP contribution in [-0.4, -0.2) is 33.7 Å². The summed E-state index contributed by atoms with van der Waals surface area (Å²) in [5, 5.41) is 2.65. The molecule has 1 N–H and O–H groups in total. The number of sulfonamides is 1. The molecule has 0 aliphatic heterocycles. The number of para-hydroxylation sites is 1. The molecule has 0 bridgehead atoms. The lowest BCUT2D eigenvalue weighted by Crippen LogP contribution is -2.45. The molecule has 6 nitrogen and oxygen atoms in total. The van der Waals surface area contributed by atoms with Crippen LogP contribution in [0.2, 0.25) is 0 Å². The molecule has 0 aliphatic rings. The number of nitrogens with zero attached hydrogens (tertiary/aromatic N) is 1. The van der Waals surface area contributed by atoms with Crippen molar-refractivity contribution in [2.75, 3.05) is 23.0 Å². The predicted octanol–water partition coefficient (Wildman–Crippen LogP) is 2.94. The van der Waals surface area contributed by atoms with Gasteiger partial charge in [-0.1, -0.05) is 18.2 Å². The first kappa shape index (κ1) is 19.7. The highest BCUT2D eigenvalue weighted by molar-refractivity contribution is 7.92. The average molecular weight is 380 g/mol. The van der Waals surface area contributed by atoms with Crippen molar-refractivity contribution in [1.29, 1.82) is 0 Å². The largest absolute Gasteiger partial charge is 0.495 e. The molecule has 0 aromatic heterocycles. The predicted molar refractivity (Wildman–Crippen MR) is 99.5 cm³/mol. The van der Waals surface area contributed by atoms with Crippen molar-refractivity contribution < 1.29 is 22.3 Å². The Morgan fingerprint density at radius 1 is 1.23 bits per heavy atom. The van der Waals surface area contributed by atoms with Gasteiger partial charge in [-0.05, 0) is 43.7 Å². The molecule has 2 aromatic rings. The van der Waals surface area contributed by atoms with Crippen LogP contribution < -0.4 is 14.4 Å². The lowest BCUT2D eigenvalue weighted by Gasteiger charge is -2.28. The molecule has 26 heavy (non-hydrogen) atoms. The molecule has 0 saturated heterocycles. The van der Waals surface area contributed by atoms with Crippen LogP contribution in [0.4, 0.5) is 15.8 Å².